The highest BCUT2D eigenvalue weighted by Gasteiger charge is 2.11. The molecule has 0 atom stereocenters. The van der Waals surface area contributed by atoms with Gasteiger partial charge in [-0.1, -0.05) is 25.2 Å². The Balaban J connectivity index is 2.40. The van der Waals surface area contributed by atoms with E-state index in [9.17, 15) is 4.79 Å². The van der Waals surface area contributed by atoms with Gasteiger partial charge in [0.25, 0.3) is 0 Å². The molecule has 0 aromatic rings. The monoisotopic (exact) mass is 195 g/mol. The number of nitrogens with zero attached hydrogens (tertiary/aromatic N) is 1. The molecule has 3 nitrogen and oxygen atoms in total. The summed E-state index contributed by atoms with van der Waals surface area (Å²) in [5.41, 5.74) is 0. The number of carbonyl (C=O) groups is 1. The molecule has 1 fully saturated rings. The zero-order valence-corrected chi connectivity index (χ0v) is 8.88. The lowest BCUT2D eigenvalue weighted by atomic mass is 9.90. The minimum Gasteiger partial charge on any atom is -0.274 e. The third kappa shape index (κ3) is 3.39. The van der Waals surface area contributed by atoms with Gasteiger partial charge < -0.3 is 0 Å². The van der Waals surface area contributed by atoms with Crippen molar-refractivity contribution in [3.05, 3.63) is 0 Å². The molecular weight excluding hydrogens is 178 g/mol. The van der Waals surface area contributed by atoms with Crippen LogP contribution in [0.25, 0.3) is 0 Å². The van der Waals surface area contributed by atoms with Crippen LogP contribution < -0.4 is 0 Å². The third-order valence-electron chi connectivity index (χ3n) is 2.55. The molecule has 0 bridgehead atoms. The summed E-state index contributed by atoms with van der Waals surface area (Å²) in [4.78, 5) is 16.0. The summed E-state index contributed by atoms with van der Waals surface area (Å²) >= 11 is 0. The number of rotatable bonds is 1. The molecule has 0 aromatic heterocycles. The molecule has 78 valence electrons. The van der Waals surface area contributed by atoms with E-state index in [1.807, 2.05) is 0 Å². The first kappa shape index (κ1) is 11.1. The van der Waals surface area contributed by atoms with Gasteiger partial charge in [0.2, 0.25) is 0 Å². The Morgan fingerprint density at radius 2 is 2.00 bits per heavy atom. The number of hydrogen-bond donors (Lipinski definition) is 0. The molecule has 1 aliphatic rings. The van der Waals surface area contributed by atoms with Gasteiger partial charge in [-0.2, -0.15) is 0 Å². The lowest BCUT2D eigenvalue weighted by Gasteiger charge is -2.15. The van der Waals surface area contributed by atoms with Gasteiger partial charge in [-0.25, -0.2) is 5.06 Å². The van der Waals surface area contributed by atoms with E-state index in [-0.39, 0.29) is 5.91 Å². The Morgan fingerprint density at radius 1 is 1.36 bits per heavy atom. The molecule has 14 heavy (non-hydrogen) atoms. The van der Waals surface area contributed by atoms with Gasteiger partial charge in [-0.05, 0) is 18.8 Å². The smallest absolute Gasteiger partial charge is 0.274 e. The van der Waals surface area contributed by atoms with Crippen LogP contribution in [-0.2, 0) is 9.63 Å². The SMILES string of the molecule is CON(C)C(=O)C#CC1CCCCC1. The number of amides is 1. The molecule has 0 heterocycles. The van der Waals surface area contributed by atoms with Gasteiger partial charge in [-0.3, -0.25) is 9.63 Å². The first-order valence-corrected chi connectivity index (χ1v) is 5.07. The Labute approximate surface area is 85.4 Å². The third-order valence-corrected chi connectivity index (χ3v) is 2.55. The van der Waals surface area contributed by atoms with Crippen LogP contribution in [0.4, 0.5) is 0 Å². The molecule has 0 aromatic carbocycles. The van der Waals surface area contributed by atoms with Crippen molar-refractivity contribution >= 4 is 5.91 Å². The quantitative estimate of drug-likeness (QED) is 0.469. The summed E-state index contributed by atoms with van der Waals surface area (Å²) < 4.78 is 0. The largest absolute Gasteiger partial charge is 0.321 e. The highest BCUT2D eigenvalue weighted by Crippen LogP contribution is 2.22. The average molecular weight is 195 g/mol. The van der Waals surface area contributed by atoms with Crippen molar-refractivity contribution in [1.29, 1.82) is 0 Å². The summed E-state index contributed by atoms with van der Waals surface area (Å²) in [5, 5.41) is 1.15. The van der Waals surface area contributed by atoms with Crippen LogP contribution in [0.5, 0.6) is 0 Å². The van der Waals surface area contributed by atoms with Crippen molar-refractivity contribution in [2.45, 2.75) is 32.1 Å². The lowest BCUT2D eigenvalue weighted by Crippen LogP contribution is -2.23. The zero-order valence-electron chi connectivity index (χ0n) is 8.88. The van der Waals surface area contributed by atoms with Crippen LogP contribution in [0.2, 0.25) is 0 Å². The van der Waals surface area contributed by atoms with E-state index in [0.717, 1.165) is 17.9 Å². The van der Waals surface area contributed by atoms with Crippen LogP contribution in [-0.4, -0.2) is 25.1 Å². The van der Waals surface area contributed by atoms with Crippen molar-refractivity contribution < 1.29 is 9.63 Å². The molecule has 0 N–H and O–H groups in total. The summed E-state index contributed by atoms with van der Waals surface area (Å²) in [6.07, 6.45) is 6.07. The zero-order chi connectivity index (χ0) is 10.4. The molecule has 1 saturated carbocycles. The summed E-state index contributed by atoms with van der Waals surface area (Å²) in [6.45, 7) is 0. The van der Waals surface area contributed by atoms with Crippen LogP contribution in [0.15, 0.2) is 0 Å². The van der Waals surface area contributed by atoms with Gasteiger partial charge in [0, 0.05) is 13.0 Å². The normalized spacial score (nSPS) is 17.0. The fourth-order valence-electron chi connectivity index (χ4n) is 1.57. The Bertz CT molecular complexity index is 246. The predicted octanol–water partition coefficient (Wildman–Crippen LogP) is 1.59. The molecular formula is C11H17NO2. The van der Waals surface area contributed by atoms with Crippen molar-refractivity contribution in [2.75, 3.05) is 14.2 Å². The van der Waals surface area contributed by atoms with Gasteiger partial charge in [0.1, 0.15) is 0 Å². The first-order valence-electron chi connectivity index (χ1n) is 5.07. The number of hydroxylamine groups is 2. The summed E-state index contributed by atoms with van der Waals surface area (Å²) in [5.74, 6) is 5.78. The second-order valence-electron chi connectivity index (χ2n) is 3.59. The maximum atomic E-state index is 11.2. The van der Waals surface area contributed by atoms with E-state index < -0.39 is 0 Å². The minimum absolute atomic E-state index is 0.266. The van der Waals surface area contributed by atoms with Crippen LogP contribution in [0.1, 0.15) is 32.1 Å². The van der Waals surface area contributed by atoms with E-state index in [0.29, 0.717) is 5.92 Å². The Kier molecular flexibility index (Phi) is 4.48. The van der Waals surface area contributed by atoms with E-state index in [1.165, 1.54) is 26.4 Å². The van der Waals surface area contributed by atoms with Crippen LogP contribution in [0, 0.1) is 17.8 Å². The molecule has 0 saturated heterocycles. The second kappa shape index (κ2) is 5.66. The molecule has 1 aliphatic carbocycles. The average Bonchev–Trinajstić information content (AvgIpc) is 2.26. The van der Waals surface area contributed by atoms with Gasteiger partial charge in [0.15, 0.2) is 0 Å². The molecule has 0 radical (unpaired) electrons. The maximum Gasteiger partial charge on any atom is 0.321 e. The molecule has 0 unspecified atom stereocenters. The topological polar surface area (TPSA) is 29.5 Å². The number of carbonyl (C=O) groups excluding carboxylic acids is 1. The molecule has 1 rings (SSSR count). The Morgan fingerprint density at radius 3 is 2.57 bits per heavy atom. The van der Waals surface area contributed by atoms with Gasteiger partial charge in [0.05, 0.1) is 7.11 Å². The van der Waals surface area contributed by atoms with Crippen molar-refractivity contribution in [2.24, 2.45) is 5.92 Å². The fraction of sp³-hybridized carbons (Fsp3) is 0.727. The molecule has 1 amide bonds. The van der Waals surface area contributed by atoms with Gasteiger partial charge in [-0.15, -0.1) is 0 Å². The molecule has 3 heteroatoms. The van der Waals surface area contributed by atoms with E-state index >= 15 is 0 Å². The molecule has 0 aliphatic heterocycles. The predicted molar refractivity (Wildman–Crippen MR) is 54.1 cm³/mol. The summed E-state index contributed by atoms with van der Waals surface area (Å²) in [6, 6.07) is 0. The first-order chi connectivity index (χ1) is 6.74. The second-order valence-corrected chi connectivity index (χ2v) is 3.59. The van der Waals surface area contributed by atoms with E-state index in [4.69, 9.17) is 4.84 Å². The van der Waals surface area contributed by atoms with Gasteiger partial charge >= 0.3 is 5.91 Å². The van der Waals surface area contributed by atoms with E-state index in [2.05, 4.69) is 11.8 Å². The van der Waals surface area contributed by atoms with Crippen LogP contribution >= 0.6 is 0 Å². The van der Waals surface area contributed by atoms with Crippen molar-refractivity contribution in [3.63, 3.8) is 0 Å². The Hall–Kier alpha value is -1.01. The minimum atomic E-state index is -0.266. The maximum absolute atomic E-state index is 11.2. The van der Waals surface area contributed by atoms with Crippen molar-refractivity contribution in [3.8, 4) is 11.8 Å². The number of hydrogen-bond acceptors (Lipinski definition) is 2. The van der Waals surface area contributed by atoms with Crippen LogP contribution in [0.3, 0.4) is 0 Å². The fourth-order valence-corrected chi connectivity index (χ4v) is 1.57. The lowest BCUT2D eigenvalue weighted by molar-refractivity contribution is -0.161. The van der Waals surface area contributed by atoms with Crippen molar-refractivity contribution in [1.82, 2.24) is 5.06 Å². The molecule has 0 spiro atoms. The van der Waals surface area contributed by atoms with E-state index in [1.54, 1.807) is 7.05 Å². The standard InChI is InChI=1S/C11H17NO2/c1-12(14-2)11(13)9-8-10-6-4-3-5-7-10/h10H,3-7H2,1-2H3. The summed E-state index contributed by atoms with van der Waals surface area (Å²) in [7, 11) is 3.03. The highest BCUT2D eigenvalue weighted by atomic mass is 16.7. The highest BCUT2D eigenvalue weighted by molar-refractivity contribution is 5.92.